The van der Waals surface area contributed by atoms with E-state index in [1.165, 1.54) is 4.88 Å². The summed E-state index contributed by atoms with van der Waals surface area (Å²) < 4.78 is 0. The maximum absolute atomic E-state index is 13.7. The van der Waals surface area contributed by atoms with Crippen molar-refractivity contribution in [2.75, 3.05) is 36.4 Å². The number of halogens is 1. The molecule has 0 spiro atoms. The first kappa shape index (κ1) is 21.9. The maximum atomic E-state index is 13.7. The van der Waals surface area contributed by atoms with Crippen molar-refractivity contribution in [1.29, 1.82) is 0 Å². The molecule has 3 heterocycles. The Labute approximate surface area is 202 Å². The topological polar surface area (TPSA) is 65.5 Å². The molecule has 0 unspecified atom stereocenters. The van der Waals surface area contributed by atoms with Crippen molar-refractivity contribution < 1.29 is 9.59 Å². The van der Waals surface area contributed by atoms with Crippen LogP contribution >= 0.6 is 22.9 Å². The molecule has 1 N–H and O–H groups in total. The molecule has 1 fully saturated rings. The van der Waals surface area contributed by atoms with Crippen molar-refractivity contribution in [1.82, 2.24) is 9.88 Å². The van der Waals surface area contributed by atoms with Crippen LogP contribution in [0.5, 0.6) is 0 Å². The molecule has 1 saturated heterocycles. The third-order valence-corrected chi connectivity index (χ3v) is 7.75. The first-order valence-corrected chi connectivity index (χ1v) is 12.5. The van der Waals surface area contributed by atoms with Gasteiger partial charge in [-0.15, -0.1) is 11.3 Å². The Bertz CT molecular complexity index is 1160. The molecule has 2 amide bonds. The number of rotatable bonds is 4. The summed E-state index contributed by atoms with van der Waals surface area (Å²) in [5.74, 6) is -0.213. The monoisotopic (exact) mass is 480 g/mol. The highest BCUT2D eigenvalue weighted by Gasteiger charge is 2.31. The van der Waals surface area contributed by atoms with Crippen LogP contribution in [0.4, 0.5) is 10.7 Å². The van der Waals surface area contributed by atoms with E-state index >= 15 is 0 Å². The van der Waals surface area contributed by atoms with Gasteiger partial charge in [-0.25, -0.2) is 0 Å². The van der Waals surface area contributed by atoms with Gasteiger partial charge in [-0.2, -0.15) is 0 Å². The average Bonchev–Trinajstić information content (AvgIpc) is 3.22. The number of piperazine rings is 1. The van der Waals surface area contributed by atoms with E-state index in [0.29, 0.717) is 29.2 Å². The van der Waals surface area contributed by atoms with Crippen molar-refractivity contribution in [3.05, 3.63) is 75.4 Å². The number of aromatic nitrogens is 1. The minimum Gasteiger partial charge on any atom is -0.368 e. The molecule has 2 aromatic heterocycles. The zero-order valence-electron chi connectivity index (χ0n) is 18.2. The van der Waals surface area contributed by atoms with Gasteiger partial charge in [0.25, 0.3) is 11.8 Å². The van der Waals surface area contributed by atoms with Gasteiger partial charge in [0.2, 0.25) is 0 Å². The number of pyridine rings is 1. The molecule has 8 heteroatoms. The minimum atomic E-state index is -0.233. The van der Waals surface area contributed by atoms with Gasteiger partial charge in [0.05, 0.1) is 11.1 Å². The normalized spacial score (nSPS) is 15.8. The first-order valence-electron chi connectivity index (χ1n) is 11.3. The number of amides is 2. The lowest BCUT2D eigenvalue weighted by Gasteiger charge is -2.36. The summed E-state index contributed by atoms with van der Waals surface area (Å²) in [5, 5.41) is 4.40. The van der Waals surface area contributed by atoms with E-state index in [2.05, 4.69) is 15.2 Å². The number of hydrogen-bond acceptors (Lipinski definition) is 5. The van der Waals surface area contributed by atoms with Crippen LogP contribution in [-0.4, -0.2) is 47.9 Å². The largest absolute Gasteiger partial charge is 0.368 e. The van der Waals surface area contributed by atoms with Crippen LogP contribution < -0.4 is 10.2 Å². The summed E-state index contributed by atoms with van der Waals surface area (Å²) in [6.45, 7) is 2.80. The summed E-state index contributed by atoms with van der Waals surface area (Å²) in [4.78, 5) is 36.0. The molecule has 33 heavy (non-hydrogen) atoms. The van der Waals surface area contributed by atoms with E-state index in [1.807, 2.05) is 29.2 Å². The van der Waals surface area contributed by atoms with Crippen LogP contribution in [0.25, 0.3) is 0 Å². The number of benzene rings is 1. The lowest BCUT2D eigenvalue weighted by Crippen LogP contribution is -2.49. The Morgan fingerprint density at radius 2 is 1.76 bits per heavy atom. The lowest BCUT2D eigenvalue weighted by molar-refractivity contribution is 0.0747. The van der Waals surface area contributed by atoms with E-state index in [0.717, 1.165) is 55.0 Å². The molecule has 2 aliphatic rings. The molecular weight excluding hydrogens is 456 g/mol. The fraction of sp³-hybridized carbons (Fsp3) is 0.320. The molecule has 170 valence electrons. The molecule has 1 aliphatic heterocycles. The predicted molar refractivity (Wildman–Crippen MR) is 133 cm³/mol. The van der Waals surface area contributed by atoms with Crippen LogP contribution in [-0.2, 0) is 12.8 Å². The summed E-state index contributed by atoms with van der Waals surface area (Å²) in [7, 11) is 0. The number of fused-ring (bicyclic) bond motifs is 1. The van der Waals surface area contributed by atoms with Crippen LogP contribution in [0, 0.1) is 0 Å². The van der Waals surface area contributed by atoms with E-state index < -0.39 is 0 Å². The Morgan fingerprint density at radius 1 is 1.00 bits per heavy atom. The van der Waals surface area contributed by atoms with Crippen LogP contribution in [0.3, 0.4) is 0 Å². The predicted octanol–water partition coefficient (Wildman–Crippen LogP) is 4.89. The number of carbonyl (C=O) groups excluding carboxylic acids is 2. The van der Waals surface area contributed by atoms with Gasteiger partial charge < -0.3 is 15.1 Å². The third kappa shape index (κ3) is 4.61. The number of anilines is 2. The fourth-order valence-corrected chi connectivity index (χ4v) is 5.93. The Balaban J connectivity index is 1.35. The first-order chi connectivity index (χ1) is 16.1. The second kappa shape index (κ2) is 9.53. The second-order valence-corrected chi connectivity index (χ2v) is 9.91. The van der Waals surface area contributed by atoms with E-state index in [9.17, 15) is 9.59 Å². The number of hydrogen-bond donors (Lipinski definition) is 1. The van der Waals surface area contributed by atoms with Gasteiger partial charge in [-0.3, -0.25) is 14.6 Å². The molecule has 3 aromatic rings. The minimum absolute atomic E-state index is 0.0200. The fourth-order valence-electron chi connectivity index (χ4n) is 4.53. The standard InChI is InChI=1S/C25H25ClN4O2S/c26-18-7-9-19(10-8-18)29-12-14-30(15-13-29)25(32)22-20-5-1-2-6-21(20)33-24(22)28-23(31)17-4-3-11-27-16-17/h3-4,7-11,16H,1-2,5-6,12-15H2,(H,28,31). The number of thiophene rings is 1. The molecule has 0 radical (unpaired) electrons. The number of nitrogens with one attached hydrogen (secondary N) is 1. The molecule has 5 rings (SSSR count). The summed E-state index contributed by atoms with van der Waals surface area (Å²) >= 11 is 7.57. The van der Waals surface area contributed by atoms with Gasteiger partial charge in [0.1, 0.15) is 5.00 Å². The molecule has 1 aliphatic carbocycles. The molecule has 6 nitrogen and oxygen atoms in total. The zero-order chi connectivity index (χ0) is 22.8. The summed E-state index contributed by atoms with van der Waals surface area (Å²) in [5.41, 5.74) is 3.41. The highest BCUT2D eigenvalue weighted by Crippen LogP contribution is 2.39. The maximum Gasteiger partial charge on any atom is 0.257 e. The van der Waals surface area contributed by atoms with Crippen molar-refractivity contribution in [2.24, 2.45) is 0 Å². The van der Waals surface area contributed by atoms with Crippen LogP contribution in [0.15, 0.2) is 48.8 Å². The highest BCUT2D eigenvalue weighted by molar-refractivity contribution is 7.17. The van der Waals surface area contributed by atoms with Gasteiger partial charge in [0.15, 0.2) is 0 Å². The van der Waals surface area contributed by atoms with E-state index in [1.54, 1.807) is 35.9 Å². The van der Waals surface area contributed by atoms with Crippen LogP contribution in [0.2, 0.25) is 5.02 Å². The highest BCUT2D eigenvalue weighted by atomic mass is 35.5. The Hall–Kier alpha value is -2.90. The van der Waals surface area contributed by atoms with E-state index in [4.69, 9.17) is 11.6 Å². The second-order valence-electron chi connectivity index (χ2n) is 8.37. The molecule has 1 aromatic carbocycles. The molecular formula is C25H25ClN4O2S. The average molecular weight is 481 g/mol. The van der Waals surface area contributed by atoms with Crippen molar-refractivity contribution in [3.63, 3.8) is 0 Å². The van der Waals surface area contributed by atoms with E-state index in [-0.39, 0.29) is 11.8 Å². The van der Waals surface area contributed by atoms with Crippen LogP contribution in [0.1, 0.15) is 44.0 Å². The van der Waals surface area contributed by atoms with Gasteiger partial charge in [-0.05, 0) is 67.6 Å². The summed E-state index contributed by atoms with van der Waals surface area (Å²) in [6, 6.07) is 11.3. The molecule has 0 saturated carbocycles. The van der Waals surface area contributed by atoms with Crippen molar-refractivity contribution in [3.8, 4) is 0 Å². The smallest absolute Gasteiger partial charge is 0.257 e. The number of aryl methyl sites for hydroxylation is 1. The molecule has 0 atom stereocenters. The Morgan fingerprint density at radius 3 is 2.48 bits per heavy atom. The lowest BCUT2D eigenvalue weighted by atomic mass is 9.95. The quantitative estimate of drug-likeness (QED) is 0.577. The SMILES string of the molecule is O=C(Nc1sc2c(c1C(=O)N1CCN(c3ccc(Cl)cc3)CC1)CCCC2)c1cccnc1. The third-order valence-electron chi connectivity index (χ3n) is 6.29. The van der Waals surface area contributed by atoms with Gasteiger partial charge in [0, 0.05) is 54.2 Å². The molecule has 0 bridgehead atoms. The van der Waals surface area contributed by atoms with Crippen molar-refractivity contribution in [2.45, 2.75) is 25.7 Å². The van der Waals surface area contributed by atoms with Gasteiger partial charge in [-0.1, -0.05) is 11.6 Å². The van der Waals surface area contributed by atoms with Gasteiger partial charge >= 0.3 is 0 Å². The van der Waals surface area contributed by atoms with Crippen molar-refractivity contribution >= 4 is 45.4 Å². The Kier molecular flexibility index (Phi) is 6.33. The summed E-state index contributed by atoms with van der Waals surface area (Å²) in [6.07, 6.45) is 7.23. The number of nitrogens with zero attached hydrogens (tertiary/aromatic N) is 3. The number of carbonyl (C=O) groups is 2. The zero-order valence-corrected chi connectivity index (χ0v) is 19.8.